The van der Waals surface area contributed by atoms with E-state index < -0.39 is 10.1 Å². The molecule has 1 aromatic carbocycles. The SMILES string of the molecule is CN(N=CC1SC=C[N+]1=CCCCS(=O)(=O)[O-])c1ccccc1. The maximum Gasteiger partial charge on any atom is 0.245 e. The van der Waals surface area contributed by atoms with E-state index in [0.29, 0.717) is 12.8 Å². The lowest BCUT2D eigenvalue weighted by Gasteiger charge is -2.12. The van der Waals surface area contributed by atoms with Crippen molar-refractivity contribution in [3.05, 3.63) is 41.9 Å². The molecule has 6 nitrogen and oxygen atoms in total. The molecule has 1 unspecified atom stereocenters. The molecule has 2 rings (SSSR count). The Balaban J connectivity index is 1.90. The largest absolute Gasteiger partial charge is 0.748 e. The fraction of sp³-hybridized carbons (Fsp3) is 0.333. The van der Waals surface area contributed by atoms with Gasteiger partial charge in [0, 0.05) is 24.6 Å². The first-order valence-electron chi connectivity index (χ1n) is 7.15. The van der Waals surface area contributed by atoms with Crippen molar-refractivity contribution in [2.75, 3.05) is 17.8 Å². The summed E-state index contributed by atoms with van der Waals surface area (Å²) in [6, 6.07) is 9.82. The third-order valence-electron chi connectivity index (χ3n) is 3.18. The summed E-state index contributed by atoms with van der Waals surface area (Å²) < 4.78 is 33.7. The molecule has 1 aliphatic rings. The van der Waals surface area contributed by atoms with Gasteiger partial charge in [-0.2, -0.15) is 9.68 Å². The van der Waals surface area contributed by atoms with Crippen LogP contribution < -0.4 is 5.01 Å². The molecular weight excluding hydrogens is 334 g/mol. The Labute approximate surface area is 141 Å². The van der Waals surface area contributed by atoms with Gasteiger partial charge >= 0.3 is 0 Å². The Hall–Kier alpha value is -1.64. The van der Waals surface area contributed by atoms with Gasteiger partial charge in [0.15, 0.2) is 6.20 Å². The van der Waals surface area contributed by atoms with Crippen LogP contribution in [0.2, 0.25) is 0 Å². The molecule has 0 saturated carbocycles. The molecule has 8 heteroatoms. The maximum absolute atomic E-state index is 10.6. The van der Waals surface area contributed by atoms with E-state index in [2.05, 4.69) is 5.10 Å². The molecule has 0 bridgehead atoms. The van der Waals surface area contributed by atoms with Gasteiger partial charge in [0.05, 0.1) is 15.8 Å². The Morgan fingerprint density at radius 3 is 2.83 bits per heavy atom. The number of unbranched alkanes of at least 4 members (excludes halogenated alkanes) is 1. The molecule has 0 fully saturated rings. The van der Waals surface area contributed by atoms with Crippen molar-refractivity contribution in [2.45, 2.75) is 18.2 Å². The van der Waals surface area contributed by atoms with Crippen molar-refractivity contribution < 1.29 is 17.5 Å². The predicted octanol–water partition coefficient (Wildman–Crippen LogP) is 2.06. The molecule has 0 aliphatic carbocycles. The van der Waals surface area contributed by atoms with Crippen molar-refractivity contribution in [3.63, 3.8) is 0 Å². The molecule has 1 atom stereocenters. The van der Waals surface area contributed by atoms with Crippen LogP contribution >= 0.6 is 11.8 Å². The topological polar surface area (TPSA) is 75.8 Å². The van der Waals surface area contributed by atoms with Crippen molar-refractivity contribution >= 4 is 40.0 Å². The molecule has 0 radical (unpaired) electrons. The highest BCUT2D eigenvalue weighted by Gasteiger charge is 2.22. The van der Waals surface area contributed by atoms with Crippen LogP contribution in [0.5, 0.6) is 0 Å². The third-order valence-corrected chi connectivity index (χ3v) is 4.89. The number of hydrogen-bond acceptors (Lipinski definition) is 6. The van der Waals surface area contributed by atoms with Gasteiger partial charge in [-0.3, -0.25) is 5.01 Å². The average molecular weight is 353 g/mol. The minimum absolute atomic E-state index is 0.0324. The number of nitrogens with zero attached hydrogens (tertiary/aromatic N) is 3. The van der Waals surface area contributed by atoms with Crippen LogP contribution in [-0.4, -0.2) is 48.1 Å². The predicted molar refractivity (Wildman–Crippen MR) is 94.0 cm³/mol. The smallest absolute Gasteiger partial charge is 0.245 e. The number of hydrogen-bond donors (Lipinski definition) is 0. The molecule has 1 heterocycles. The summed E-state index contributed by atoms with van der Waals surface area (Å²) >= 11 is 1.61. The van der Waals surface area contributed by atoms with Crippen LogP contribution in [0, 0.1) is 0 Å². The van der Waals surface area contributed by atoms with Crippen molar-refractivity contribution in [1.29, 1.82) is 0 Å². The molecule has 0 spiro atoms. The number of rotatable bonds is 7. The third kappa shape index (κ3) is 6.17. The normalized spacial score (nSPS) is 19.7. The highest BCUT2D eigenvalue weighted by atomic mass is 32.2. The van der Waals surface area contributed by atoms with Crippen LogP contribution in [-0.2, 0) is 10.1 Å². The van der Waals surface area contributed by atoms with E-state index in [1.165, 1.54) is 0 Å². The number of benzene rings is 1. The van der Waals surface area contributed by atoms with Crippen molar-refractivity contribution in [1.82, 2.24) is 0 Å². The average Bonchev–Trinajstić information content (AvgIpc) is 2.96. The number of thioether (sulfide) groups is 1. The van der Waals surface area contributed by atoms with Gasteiger partial charge < -0.3 is 4.55 Å². The van der Waals surface area contributed by atoms with Crippen LogP contribution in [0.25, 0.3) is 0 Å². The van der Waals surface area contributed by atoms with E-state index in [1.807, 2.05) is 66.0 Å². The van der Waals surface area contributed by atoms with Crippen molar-refractivity contribution in [2.24, 2.45) is 5.10 Å². The van der Waals surface area contributed by atoms with Gasteiger partial charge in [-0.05, 0) is 30.3 Å². The molecule has 1 aliphatic heterocycles. The van der Waals surface area contributed by atoms with E-state index >= 15 is 0 Å². The summed E-state index contributed by atoms with van der Waals surface area (Å²) in [6.07, 6.45) is 6.49. The fourth-order valence-corrected chi connectivity index (χ4v) is 3.30. The van der Waals surface area contributed by atoms with E-state index in [4.69, 9.17) is 0 Å². The van der Waals surface area contributed by atoms with Crippen LogP contribution in [0.15, 0.2) is 47.0 Å². The number of hydrazone groups is 1. The molecule has 0 aromatic heterocycles. The molecule has 0 saturated heterocycles. The lowest BCUT2D eigenvalue weighted by molar-refractivity contribution is -0.445. The number of anilines is 1. The second-order valence-corrected chi connectivity index (χ2v) is 7.52. The van der Waals surface area contributed by atoms with E-state index in [-0.39, 0.29) is 11.1 Å². The first-order chi connectivity index (χ1) is 11.0. The second kappa shape index (κ2) is 8.28. The molecule has 124 valence electrons. The van der Waals surface area contributed by atoms with Crippen LogP contribution in [0.4, 0.5) is 5.69 Å². The van der Waals surface area contributed by atoms with Crippen molar-refractivity contribution in [3.8, 4) is 0 Å². The van der Waals surface area contributed by atoms with E-state index in [9.17, 15) is 13.0 Å². The number of para-hydroxylation sites is 1. The zero-order valence-corrected chi connectivity index (χ0v) is 14.4. The minimum Gasteiger partial charge on any atom is -0.748 e. The summed E-state index contributed by atoms with van der Waals surface area (Å²) in [5.74, 6) is -0.330. The summed E-state index contributed by atoms with van der Waals surface area (Å²) in [6.45, 7) is 0. The quantitative estimate of drug-likeness (QED) is 0.247. The Morgan fingerprint density at radius 2 is 2.13 bits per heavy atom. The highest BCUT2D eigenvalue weighted by Crippen LogP contribution is 2.20. The van der Waals surface area contributed by atoms with Gasteiger partial charge in [-0.1, -0.05) is 18.2 Å². The van der Waals surface area contributed by atoms with Crippen LogP contribution in [0.3, 0.4) is 0 Å². The van der Waals surface area contributed by atoms with E-state index in [1.54, 1.807) is 16.8 Å². The Kier molecular flexibility index (Phi) is 6.37. The van der Waals surface area contributed by atoms with Gasteiger partial charge in [0.2, 0.25) is 5.37 Å². The lowest BCUT2D eigenvalue weighted by Crippen LogP contribution is -2.20. The highest BCUT2D eigenvalue weighted by molar-refractivity contribution is 8.03. The minimum atomic E-state index is -4.13. The van der Waals surface area contributed by atoms with Gasteiger partial charge in [-0.25, -0.2) is 8.42 Å². The molecule has 23 heavy (non-hydrogen) atoms. The first kappa shape index (κ1) is 17.7. The van der Waals surface area contributed by atoms with E-state index in [0.717, 1.165) is 5.69 Å². The summed E-state index contributed by atoms with van der Waals surface area (Å²) in [5.41, 5.74) is 0.996. The zero-order chi connectivity index (χ0) is 16.7. The molecule has 1 aromatic rings. The summed E-state index contributed by atoms with van der Waals surface area (Å²) in [7, 11) is -2.25. The molecule has 0 amide bonds. The zero-order valence-electron chi connectivity index (χ0n) is 12.8. The summed E-state index contributed by atoms with van der Waals surface area (Å²) in [5, 5.41) is 8.22. The summed E-state index contributed by atoms with van der Waals surface area (Å²) in [4.78, 5) is 0. The fourth-order valence-electron chi connectivity index (χ4n) is 1.99. The standard InChI is InChI=1S/C15H19N3O3S2/c1-17(14-7-3-2-4-8-14)16-13-15-18(10-11-22-15)9-5-6-12-23(19,20)21/h2-4,7-11,13,15H,5-6,12H2,1H3. The van der Waals surface area contributed by atoms with Crippen LogP contribution in [0.1, 0.15) is 12.8 Å². The Morgan fingerprint density at radius 1 is 1.39 bits per heavy atom. The monoisotopic (exact) mass is 353 g/mol. The van der Waals surface area contributed by atoms with Gasteiger partial charge in [0.1, 0.15) is 12.4 Å². The maximum atomic E-state index is 10.6. The molecular formula is C15H19N3O3S2. The molecule has 0 N–H and O–H groups in total. The van der Waals surface area contributed by atoms with Gasteiger partial charge in [-0.15, -0.1) is 0 Å². The van der Waals surface area contributed by atoms with Gasteiger partial charge in [0.25, 0.3) is 0 Å². The Bertz CT molecular complexity index is 700. The lowest BCUT2D eigenvalue weighted by atomic mass is 10.3. The first-order valence-corrected chi connectivity index (χ1v) is 9.67. The second-order valence-electron chi connectivity index (χ2n) is 4.97.